The molecule has 0 bridgehead atoms. The van der Waals surface area contributed by atoms with Crippen LogP contribution < -0.4 is 15.5 Å². The minimum atomic E-state index is 0.959. The summed E-state index contributed by atoms with van der Waals surface area (Å²) in [6.45, 7) is 10.7. The number of hydrogen-bond donors (Lipinski definition) is 2. The Morgan fingerprint density at radius 1 is 0.731 bits per heavy atom. The summed E-state index contributed by atoms with van der Waals surface area (Å²) in [5.74, 6) is 0. The second kappa shape index (κ2) is 19.8. The van der Waals surface area contributed by atoms with Crippen molar-refractivity contribution in [2.45, 2.75) is 33.2 Å². The molecule has 0 radical (unpaired) electrons. The molecule has 2 aliphatic rings. The van der Waals surface area contributed by atoms with Crippen LogP contribution in [0.3, 0.4) is 0 Å². The van der Waals surface area contributed by atoms with Gasteiger partial charge in [-0.2, -0.15) is 0 Å². The maximum absolute atomic E-state index is 4.32. The third kappa shape index (κ3) is 10.3. The summed E-state index contributed by atoms with van der Waals surface area (Å²) < 4.78 is 1.31. The molecule has 264 valence electrons. The minimum absolute atomic E-state index is 0.959. The van der Waals surface area contributed by atoms with Gasteiger partial charge in [0.05, 0.1) is 0 Å². The van der Waals surface area contributed by atoms with Gasteiger partial charge in [-0.05, 0) is 72.1 Å². The monoisotopic (exact) mass is 701 g/mol. The Hall–Kier alpha value is -5.42. The van der Waals surface area contributed by atoms with Gasteiger partial charge < -0.3 is 15.5 Å². The summed E-state index contributed by atoms with van der Waals surface area (Å²) in [5, 5.41) is 8.79. The zero-order valence-electron chi connectivity index (χ0n) is 31.0. The van der Waals surface area contributed by atoms with Crippen LogP contribution in [0.2, 0.25) is 0 Å². The summed E-state index contributed by atoms with van der Waals surface area (Å²) in [4.78, 5) is 2.32. The molecule has 8 rings (SSSR count). The van der Waals surface area contributed by atoms with Gasteiger partial charge in [-0.25, -0.2) is 0 Å². The number of aryl methyl sites for hydroxylation is 1. The number of nitrogens with one attached hydrogen (secondary N) is 2. The van der Waals surface area contributed by atoms with Crippen LogP contribution in [0.15, 0.2) is 170 Å². The molecule has 0 fully saturated rings. The van der Waals surface area contributed by atoms with E-state index < -0.39 is 0 Å². The molecule has 5 aromatic carbocycles. The summed E-state index contributed by atoms with van der Waals surface area (Å²) in [5.41, 5.74) is 11.4. The van der Waals surface area contributed by atoms with Crippen molar-refractivity contribution < 1.29 is 0 Å². The molecule has 4 heteroatoms. The molecule has 52 heavy (non-hydrogen) atoms. The van der Waals surface area contributed by atoms with Gasteiger partial charge in [0.2, 0.25) is 0 Å². The Morgan fingerprint density at radius 3 is 1.98 bits per heavy atom. The van der Waals surface area contributed by atoms with Crippen LogP contribution >= 0.6 is 11.3 Å². The molecule has 0 atom stereocenters. The molecular formula is C48H51N3S. The van der Waals surface area contributed by atoms with Crippen LogP contribution in [0, 0.1) is 0 Å². The average Bonchev–Trinajstić information content (AvgIpc) is 3.59. The predicted octanol–water partition coefficient (Wildman–Crippen LogP) is 12.5. The lowest BCUT2D eigenvalue weighted by Crippen LogP contribution is -2.12. The second-order valence-electron chi connectivity index (χ2n) is 12.6. The zero-order chi connectivity index (χ0) is 36.5. The van der Waals surface area contributed by atoms with Crippen LogP contribution in [0.5, 0.6) is 0 Å². The lowest BCUT2D eigenvalue weighted by Gasteiger charge is -2.25. The number of thiophene rings is 1. The second-order valence-corrected chi connectivity index (χ2v) is 13.6. The summed E-state index contributed by atoms with van der Waals surface area (Å²) in [6, 6.07) is 46.6. The number of allylic oxidation sites excluding steroid dienone is 4. The van der Waals surface area contributed by atoms with E-state index in [0.717, 1.165) is 31.5 Å². The topological polar surface area (TPSA) is 27.3 Å². The van der Waals surface area contributed by atoms with E-state index in [1.165, 1.54) is 59.7 Å². The first kappa shape index (κ1) is 37.8. The molecule has 0 unspecified atom stereocenters. The summed E-state index contributed by atoms with van der Waals surface area (Å²) in [7, 11) is 4.11. The molecule has 0 saturated heterocycles. The van der Waals surface area contributed by atoms with Gasteiger partial charge in [0, 0.05) is 47.0 Å². The number of dihydropyridines is 1. The first-order chi connectivity index (χ1) is 25.5. The highest BCUT2D eigenvalue weighted by molar-refractivity contribution is 7.23. The van der Waals surface area contributed by atoms with E-state index in [1.54, 1.807) is 0 Å². The fourth-order valence-electron chi connectivity index (χ4n) is 5.99. The molecule has 3 heterocycles. The Bertz CT molecular complexity index is 2090. The van der Waals surface area contributed by atoms with E-state index in [0.29, 0.717) is 0 Å². The highest BCUT2D eigenvalue weighted by Crippen LogP contribution is 2.45. The molecule has 0 amide bonds. The van der Waals surface area contributed by atoms with Crippen molar-refractivity contribution in [2.24, 2.45) is 0 Å². The van der Waals surface area contributed by atoms with E-state index in [-0.39, 0.29) is 0 Å². The third-order valence-electron chi connectivity index (χ3n) is 8.99. The fourth-order valence-corrected chi connectivity index (χ4v) is 7.16. The van der Waals surface area contributed by atoms with E-state index in [9.17, 15) is 0 Å². The lowest BCUT2D eigenvalue weighted by atomic mass is 9.96. The normalized spacial score (nSPS) is 13.2. The van der Waals surface area contributed by atoms with Gasteiger partial charge in [0.15, 0.2) is 0 Å². The summed E-state index contributed by atoms with van der Waals surface area (Å²) in [6.07, 6.45) is 12.8. The number of anilines is 2. The number of benzene rings is 5. The van der Waals surface area contributed by atoms with Crippen molar-refractivity contribution in [1.29, 1.82) is 0 Å². The Balaban J connectivity index is 0.000000169. The first-order valence-electron chi connectivity index (χ1n) is 18.1. The van der Waals surface area contributed by atoms with E-state index >= 15 is 0 Å². The average molecular weight is 702 g/mol. The van der Waals surface area contributed by atoms with Gasteiger partial charge in [0.25, 0.3) is 0 Å². The van der Waals surface area contributed by atoms with Crippen molar-refractivity contribution in [3.63, 3.8) is 0 Å². The Labute approximate surface area is 315 Å². The molecule has 0 aliphatic carbocycles. The number of fused-ring (bicyclic) bond motifs is 4. The van der Waals surface area contributed by atoms with Crippen molar-refractivity contribution in [3.05, 3.63) is 192 Å². The van der Waals surface area contributed by atoms with Crippen LogP contribution in [-0.2, 0) is 13.0 Å². The van der Waals surface area contributed by atoms with Crippen LogP contribution in [0.25, 0.3) is 32.9 Å². The Morgan fingerprint density at radius 2 is 1.38 bits per heavy atom. The largest absolute Gasteiger partial charge is 0.387 e. The van der Waals surface area contributed by atoms with Gasteiger partial charge in [-0.15, -0.1) is 11.3 Å². The van der Waals surface area contributed by atoms with Gasteiger partial charge in [0.1, 0.15) is 5.00 Å². The number of rotatable bonds is 5. The van der Waals surface area contributed by atoms with Crippen molar-refractivity contribution in [3.8, 4) is 11.1 Å². The summed E-state index contributed by atoms with van der Waals surface area (Å²) >= 11 is 1.84. The van der Waals surface area contributed by atoms with Crippen LogP contribution in [0.1, 0.15) is 42.5 Å². The highest BCUT2D eigenvalue weighted by atomic mass is 32.1. The molecule has 3 nitrogen and oxygen atoms in total. The Kier molecular flexibility index (Phi) is 14.4. The number of hydrogen-bond acceptors (Lipinski definition) is 4. The molecule has 6 aromatic rings. The molecule has 2 aliphatic heterocycles. The third-order valence-corrected chi connectivity index (χ3v) is 10.2. The highest BCUT2D eigenvalue weighted by Gasteiger charge is 2.20. The maximum Gasteiger partial charge on any atom is 0.104 e. The first-order valence-corrected chi connectivity index (χ1v) is 19.0. The zero-order valence-corrected chi connectivity index (χ0v) is 31.8. The van der Waals surface area contributed by atoms with Crippen LogP contribution in [-0.4, -0.2) is 20.6 Å². The quantitative estimate of drug-likeness (QED) is 0.187. The molecule has 0 spiro atoms. The molecular weight excluding hydrogens is 651 g/mol. The maximum atomic E-state index is 4.32. The predicted molar refractivity (Wildman–Crippen MR) is 230 cm³/mol. The van der Waals surface area contributed by atoms with Crippen molar-refractivity contribution >= 4 is 43.8 Å². The van der Waals surface area contributed by atoms with Gasteiger partial charge in [-0.3, -0.25) is 0 Å². The molecule has 2 N–H and O–H groups in total. The van der Waals surface area contributed by atoms with Crippen molar-refractivity contribution in [1.82, 2.24) is 10.6 Å². The van der Waals surface area contributed by atoms with Crippen LogP contribution in [0.4, 0.5) is 10.7 Å². The van der Waals surface area contributed by atoms with E-state index in [4.69, 9.17) is 0 Å². The fraction of sp³-hybridized carbons (Fsp3) is 0.167. The lowest BCUT2D eigenvalue weighted by molar-refractivity contribution is 0.818. The van der Waals surface area contributed by atoms with Gasteiger partial charge >= 0.3 is 0 Å². The smallest absolute Gasteiger partial charge is 0.104 e. The molecule has 0 saturated carbocycles. The standard InChI is InChI=1S/C25H19NS.C8H11N.C8H10.C7H11N/c1-17-12-14-22-21-10-6-7-11-24(21)27-25(22)26(2)23-16-19(13-15-20(17)23)18-8-4-3-5-9-18;1-9-7-8-5-3-2-4-6-8;1-2-8-6-4-3-5-7-8;1-2-7-4-3-5-8-6-7/h3-16H,1H2,2H3;2-6,9H,7H2,1H3;3-7H,2H2,1H3;3-5,8H,2,6H2,1H3/b14-12-;;;. The van der Waals surface area contributed by atoms with Crippen molar-refractivity contribution in [2.75, 3.05) is 25.5 Å². The van der Waals surface area contributed by atoms with E-state index in [2.05, 4.69) is 170 Å². The van der Waals surface area contributed by atoms with Gasteiger partial charge in [-0.1, -0.05) is 166 Å². The molecule has 1 aromatic heterocycles. The minimum Gasteiger partial charge on any atom is -0.387 e. The number of nitrogens with zero attached hydrogens (tertiary/aromatic N) is 1. The van der Waals surface area contributed by atoms with E-state index in [1.807, 2.05) is 54.9 Å². The SMILES string of the molecule is C=C1/C=C\c2c(sc3ccccc23)N(C)c2cc(-c3ccccc3)ccc21.CCC1=CC=CNC1.CCc1ccccc1.CNCc1ccccc1.